The van der Waals surface area contributed by atoms with Gasteiger partial charge in [0.05, 0.1) is 5.92 Å². The molecule has 1 aliphatic carbocycles. The van der Waals surface area contributed by atoms with Crippen LogP contribution in [0.25, 0.3) is 12.2 Å². The van der Waals surface area contributed by atoms with E-state index in [4.69, 9.17) is 15.9 Å². The van der Waals surface area contributed by atoms with Crippen LogP contribution >= 0.6 is 12.4 Å². The Balaban J connectivity index is 0.00000300. The summed E-state index contributed by atoms with van der Waals surface area (Å²) in [6.45, 7) is 0.703. The summed E-state index contributed by atoms with van der Waals surface area (Å²) in [5, 5.41) is 10.1. The van der Waals surface area contributed by atoms with E-state index in [1.807, 2.05) is 48.5 Å². The number of rotatable bonds is 6. The Kier molecular flexibility index (Phi) is 8.74. The van der Waals surface area contributed by atoms with Gasteiger partial charge in [0.15, 0.2) is 5.96 Å². The van der Waals surface area contributed by atoms with Crippen molar-refractivity contribution in [2.45, 2.75) is 25.7 Å². The first-order valence-electron chi connectivity index (χ1n) is 9.73. The maximum absolute atomic E-state index is 12.4. The zero-order valence-electron chi connectivity index (χ0n) is 16.3. The van der Waals surface area contributed by atoms with Crippen LogP contribution in [0.4, 0.5) is 0 Å². The van der Waals surface area contributed by atoms with Crippen LogP contribution in [0.2, 0.25) is 0 Å². The molecule has 6 heteroatoms. The molecule has 29 heavy (non-hydrogen) atoms. The number of nitrogens with one attached hydrogen (secondary N) is 2. The van der Waals surface area contributed by atoms with E-state index in [2.05, 4.69) is 23.5 Å². The standard InChI is InChI=1S/C23H27N3O2.ClH/c24-23(25)26-16-19-8-12-20(13-9-19)22(27)28-21-14-10-18(11-15-21)7-6-17-4-2-1-3-5-17;/h1-7,10-11,14-15,19-20H,8-9,12-13,16H2,(H4,24,25,26);1H/t19-,20-;. The van der Waals surface area contributed by atoms with Gasteiger partial charge in [-0.3, -0.25) is 10.2 Å². The van der Waals surface area contributed by atoms with E-state index >= 15 is 0 Å². The van der Waals surface area contributed by atoms with Crippen molar-refractivity contribution < 1.29 is 9.53 Å². The fourth-order valence-corrected chi connectivity index (χ4v) is 3.46. The van der Waals surface area contributed by atoms with E-state index in [0.29, 0.717) is 18.2 Å². The van der Waals surface area contributed by atoms with Gasteiger partial charge in [-0.15, -0.1) is 12.4 Å². The number of hydrogen-bond acceptors (Lipinski definition) is 3. The quantitative estimate of drug-likeness (QED) is 0.214. The first kappa shape index (κ1) is 22.5. The first-order valence-corrected chi connectivity index (χ1v) is 9.73. The summed E-state index contributed by atoms with van der Waals surface area (Å²) in [6.07, 6.45) is 7.63. The predicted molar refractivity (Wildman–Crippen MR) is 120 cm³/mol. The van der Waals surface area contributed by atoms with Gasteiger partial charge in [-0.25, -0.2) is 0 Å². The third kappa shape index (κ3) is 7.27. The molecular formula is C23H28ClN3O2. The minimum Gasteiger partial charge on any atom is -0.426 e. The van der Waals surface area contributed by atoms with Crippen molar-refractivity contribution in [1.82, 2.24) is 5.32 Å². The van der Waals surface area contributed by atoms with Gasteiger partial charge in [-0.05, 0) is 54.9 Å². The van der Waals surface area contributed by atoms with Crippen molar-refractivity contribution in [2.75, 3.05) is 6.54 Å². The summed E-state index contributed by atoms with van der Waals surface area (Å²) in [5.74, 6) is 0.853. The van der Waals surface area contributed by atoms with Gasteiger partial charge in [0.2, 0.25) is 0 Å². The summed E-state index contributed by atoms with van der Waals surface area (Å²) in [6, 6.07) is 17.7. The molecule has 154 valence electrons. The van der Waals surface area contributed by atoms with Crippen molar-refractivity contribution in [1.29, 1.82) is 5.41 Å². The van der Waals surface area contributed by atoms with E-state index in [-0.39, 0.29) is 30.3 Å². The molecule has 0 amide bonds. The van der Waals surface area contributed by atoms with Crippen LogP contribution in [0.1, 0.15) is 36.8 Å². The highest BCUT2D eigenvalue weighted by molar-refractivity contribution is 5.85. The van der Waals surface area contributed by atoms with E-state index in [0.717, 1.165) is 36.8 Å². The number of carbonyl (C=O) groups excluding carboxylic acids is 1. The van der Waals surface area contributed by atoms with Crippen LogP contribution in [0.5, 0.6) is 5.75 Å². The van der Waals surface area contributed by atoms with Crippen molar-refractivity contribution in [3.05, 3.63) is 65.7 Å². The molecule has 0 aliphatic heterocycles. The second-order valence-electron chi connectivity index (χ2n) is 7.25. The molecule has 3 rings (SSSR count). The molecular weight excluding hydrogens is 386 g/mol. The lowest BCUT2D eigenvalue weighted by Gasteiger charge is -2.27. The van der Waals surface area contributed by atoms with E-state index in [1.165, 1.54) is 0 Å². The fourth-order valence-electron chi connectivity index (χ4n) is 3.46. The Morgan fingerprint density at radius 2 is 1.59 bits per heavy atom. The molecule has 0 radical (unpaired) electrons. The van der Waals surface area contributed by atoms with Gasteiger partial charge in [-0.2, -0.15) is 0 Å². The highest BCUT2D eigenvalue weighted by Gasteiger charge is 2.27. The lowest BCUT2D eigenvalue weighted by molar-refractivity contribution is -0.140. The second kappa shape index (κ2) is 11.3. The second-order valence-corrected chi connectivity index (χ2v) is 7.25. The number of benzene rings is 2. The molecule has 0 bridgehead atoms. The molecule has 4 N–H and O–H groups in total. The van der Waals surface area contributed by atoms with Gasteiger partial charge in [-0.1, -0.05) is 54.6 Å². The number of nitrogens with two attached hydrogens (primary N) is 1. The lowest BCUT2D eigenvalue weighted by Crippen LogP contribution is -2.36. The monoisotopic (exact) mass is 413 g/mol. The van der Waals surface area contributed by atoms with Gasteiger partial charge >= 0.3 is 5.97 Å². The molecule has 0 heterocycles. The average Bonchev–Trinajstić information content (AvgIpc) is 2.73. The van der Waals surface area contributed by atoms with Crippen LogP contribution < -0.4 is 15.8 Å². The highest BCUT2D eigenvalue weighted by atomic mass is 35.5. The molecule has 2 aromatic carbocycles. The van der Waals surface area contributed by atoms with E-state index in [1.54, 1.807) is 0 Å². The topological polar surface area (TPSA) is 88.2 Å². The fraction of sp³-hybridized carbons (Fsp3) is 0.304. The third-order valence-electron chi connectivity index (χ3n) is 5.13. The van der Waals surface area contributed by atoms with Crippen LogP contribution in [-0.2, 0) is 4.79 Å². The number of hydrogen-bond donors (Lipinski definition) is 3. The summed E-state index contributed by atoms with van der Waals surface area (Å²) < 4.78 is 5.57. The molecule has 1 saturated carbocycles. The zero-order chi connectivity index (χ0) is 19.8. The summed E-state index contributed by atoms with van der Waals surface area (Å²) in [4.78, 5) is 12.4. The number of carbonyl (C=O) groups is 1. The van der Waals surface area contributed by atoms with Crippen molar-refractivity contribution in [3.8, 4) is 5.75 Å². The Hall–Kier alpha value is -2.79. The molecule has 0 atom stereocenters. The number of ether oxygens (including phenoxy) is 1. The van der Waals surface area contributed by atoms with Crippen LogP contribution in [0.15, 0.2) is 54.6 Å². The SMILES string of the molecule is Cl.N=C(N)NC[C@H]1CC[C@H](C(=O)Oc2ccc(C=Cc3ccccc3)cc2)CC1. The number of halogens is 1. The molecule has 0 unspecified atom stereocenters. The van der Waals surface area contributed by atoms with Crippen LogP contribution in [0, 0.1) is 17.2 Å². The molecule has 0 aromatic heterocycles. The van der Waals surface area contributed by atoms with Crippen LogP contribution in [-0.4, -0.2) is 18.5 Å². The Bertz CT molecular complexity index is 814. The van der Waals surface area contributed by atoms with Crippen molar-refractivity contribution in [3.63, 3.8) is 0 Å². The molecule has 5 nitrogen and oxygen atoms in total. The lowest BCUT2D eigenvalue weighted by atomic mass is 9.82. The smallest absolute Gasteiger partial charge is 0.314 e. The molecule has 0 spiro atoms. The normalized spacial score (nSPS) is 18.6. The van der Waals surface area contributed by atoms with Gasteiger partial charge in [0, 0.05) is 6.54 Å². The van der Waals surface area contributed by atoms with Gasteiger partial charge < -0.3 is 15.8 Å². The Morgan fingerprint density at radius 1 is 1.00 bits per heavy atom. The molecule has 1 aliphatic rings. The van der Waals surface area contributed by atoms with E-state index < -0.39 is 0 Å². The average molecular weight is 414 g/mol. The number of guanidine groups is 1. The van der Waals surface area contributed by atoms with Crippen molar-refractivity contribution >= 4 is 36.5 Å². The molecule has 0 saturated heterocycles. The maximum Gasteiger partial charge on any atom is 0.314 e. The summed E-state index contributed by atoms with van der Waals surface area (Å²) in [5.41, 5.74) is 7.53. The largest absolute Gasteiger partial charge is 0.426 e. The summed E-state index contributed by atoms with van der Waals surface area (Å²) >= 11 is 0. The summed E-state index contributed by atoms with van der Waals surface area (Å²) in [7, 11) is 0. The first-order chi connectivity index (χ1) is 13.6. The third-order valence-corrected chi connectivity index (χ3v) is 5.13. The molecule has 2 aromatic rings. The van der Waals surface area contributed by atoms with Gasteiger partial charge in [0.25, 0.3) is 0 Å². The Labute approximate surface area is 178 Å². The minimum absolute atomic E-state index is 0. The maximum atomic E-state index is 12.4. The van der Waals surface area contributed by atoms with Crippen molar-refractivity contribution in [2.24, 2.45) is 17.6 Å². The van der Waals surface area contributed by atoms with E-state index in [9.17, 15) is 4.79 Å². The molecule has 1 fully saturated rings. The van der Waals surface area contributed by atoms with Gasteiger partial charge in [0.1, 0.15) is 5.75 Å². The Morgan fingerprint density at radius 3 is 2.17 bits per heavy atom. The minimum atomic E-state index is -0.148. The predicted octanol–water partition coefficient (Wildman–Crippen LogP) is 4.47. The highest BCUT2D eigenvalue weighted by Crippen LogP contribution is 2.29. The van der Waals surface area contributed by atoms with Crippen LogP contribution in [0.3, 0.4) is 0 Å². The number of esters is 1. The zero-order valence-corrected chi connectivity index (χ0v) is 17.2.